The maximum absolute atomic E-state index is 5.08. The molecule has 1 spiro atoms. The molecule has 7 rings (SSSR count). The van der Waals surface area contributed by atoms with E-state index in [1.807, 2.05) is 36.4 Å². The molecular formula is C34H29N3. The highest BCUT2D eigenvalue weighted by Crippen LogP contribution is 2.57. The Morgan fingerprint density at radius 3 is 1.81 bits per heavy atom. The van der Waals surface area contributed by atoms with Gasteiger partial charge in [0, 0.05) is 22.1 Å². The molecule has 0 amide bonds. The smallest absolute Gasteiger partial charge is 0.164 e. The van der Waals surface area contributed by atoms with Crippen molar-refractivity contribution in [3.63, 3.8) is 0 Å². The molecule has 2 aliphatic carbocycles. The Hall–Kier alpha value is -4.11. The summed E-state index contributed by atoms with van der Waals surface area (Å²) in [5, 5.41) is 0. The van der Waals surface area contributed by atoms with Crippen molar-refractivity contribution < 1.29 is 0 Å². The second-order valence-electron chi connectivity index (χ2n) is 10.5. The Balaban J connectivity index is 1.49. The molecule has 0 saturated heterocycles. The Labute approximate surface area is 218 Å². The standard InChI is InChI=1S/C34H29N3/c1-23-18-19-26-29(22-23)34(20-9-4-10-21-34)28-17-11-16-27(30(26)28)33-36-31(24-12-5-2-6-13-24)35-32(37-33)25-14-7-3-8-15-25/h2-3,5-8,11-19,22H,4,9-10,20-21H2,1H3. The van der Waals surface area contributed by atoms with Crippen molar-refractivity contribution in [3.05, 3.63) is 114 Å². The fourth-order valence-corrected chi connectivity index (χ4v) is 6.47. The highest BCUT2D eigenvalue weighted by Gasteiger charge is 2.44. The SMILES string of the molecule is Cc1ccc2c(c1)C1(CCCCC1)c1cccc(-c3nc(-c4ccccc4)nc(-c4ccccc4)n3)c1-2. The third-order valence-corrected chi connectivity index (χ3v) is 8.19. The van der Waals surface area contributed by atoms with Gasteiger partial charge in [-0.2, -0.15) is 0 Å². The summed E-state index contributed by atoms with van der Waals surface area (Å²) in [6.45, 7) is 2.21. The van der Waals surface area contributed by atoms with Crippen molar-refractivity contribution in [2.75, 3.05) is 0 Å². The van der Waals surface area contributed by atoms with Gasteiger partial charge in [-0.3, -0.25) is 0 Å². The zero-order chi connectivity index (χ0) is 24.8. The highest BCUT2D eigenvalue weighted by molar-refractivity contribution is 5.91. The summed E-state index contributed by atoms with van der Waals surface area (Å²) >= 11 is 0. The molecule has 0 unspecified atom stereocenters. The second-order valence-corrected chi connectivity index (χ2v) is 10.5. The van der Waals surface area contributed by atoms with Gasteiger partial charge in [0.15, 0.2) is 17.5 Å². The average Bonchev–Trinajstić information content (AvgIpc) is 3.22. The minimum absolute atomic E-state index is 0.0997. The number of benzene rings is 4. The van der Waals surface area contributed by atoms with Crippen molar-refractivity contribution >= 4 is 0 Å². The quantitative estimate of drug-likeness (QED) is 0.261. The lowest BCUT2D eigenvalue weighted by molar-refractivity contribution is 0.353. The molecular weight excluding hydrogens is 450 g/mol. The summed E-state index contributed by atoms with van der Waals surface area (Å²) in [7, 11) is 0. The van der Waals surface area contributed by atoms with E-state index in [1.165, 1.54) is 59.9 Å². The molecule has 37 heavy (non-hydrogen) atoms. The van der Waals surface area contributed by atoms with Crippen LogP contribution in [-0.4, -0.2) is 15.0 Å². The molecule has 0 radical (unpaired) electrons. The minimum atomic E-state index is 0.0997. The largest absolute Gasteiger partial charge is 0.208 e. The molecule has 3 heteroatoms. The molecule has 1 saturated carbocycles. The van der Waals surface area contributed by atoms with Crippen molar-refractivity contribution in [1.82, 2.24) is 15.0 Å². The monoisotopic (exact) mass is 479 g/mol. The molecule has 3 nitrogen and oxygen atoms in total. The summed E-state index contributed by atoms with van der Waals surface area (Å²) in [6, 6.07) is 34.2. The minimum Gasteiger partial charge on any atom is -0.208 e. The number of fused-ring (bicyclic) bond motifs is 5. The molecule has 1 heterocycles. The summed E-state index contributed by atoms with van der Waals surface area (Å²) < 4.78 is 0. The predicted molar refractivity (Wildman–Crippen MR) is 150 cm³/mol. The van der Waals surface area contributed by atoms with E-state index >= 15 is 0 Å². The van der Waals surface area contributed by atoms with E-state index in [0.29, 0.717) is 11.6 Å². The number of hydrogen-bond acceptors (Lipinski definition) is 3. The van der Waals surface area contributed by atoms with Crippen molar-refractivity contribution in [2.24, 2.45) is 0 Å². The van der Waals surface area contributed by atoms with Gasteiger partial charge in [0.25, 0.3) is 0 Å². The van der Waals surface area contributed by atoms with Crippen LogP contribution in [0.25, 0.3) is 45.3 Å². The van der Waals surface area contributed by atoms with E-state index in [9.17, 15) is 0 Å². The molecule has 0 atom stereocenters. The van der Waals surface area contributed by atoms with Gasteiger partial charge in [-0.15, -0.1) is 0 Å². The van der Waals surface area contributed by atoms with Gasteiger partial charge in [-0.05, 0) is 42.0 Å². The molecule has 2 aliphatic rings. The molecule has 0 aliphatic heterocycles. The van der Waals surface area contributed by atoms with Gasteiger partial charge in [0.1, 0.15) is 0 Å². The fraction of sp³-hybridized carbons (Fsp3) is 0.206. The Kier molecular flexibility index (Phi) is 5.24. The van der Waals surface area contributed by atoms with Crippen LogP contribution in [0.15, 0.2) is 97.1 Å². The summed E-state index contributed by atoms with van der Waals surface area (Å²) in [4.78, 5) is 15.1. The van der Waals surface area contributed by atoms with Crippen LogP contribution >= 0.6 is 0 Å². The Bertz CT molecular complexity index is 1540. The maximum atomic E-state index is 5.08. The van der Waals surface area contributed by atoms with Gasteiger partial charge in [0.05, 0.1) is 0 Å². The van der Waals surface area contributed by atoms with Crippen LogP contribution in [0.3, 0.4) is 0 Å². The van der Waals surface area contributed by atoms with E-state index in [0.717, 1.165) is 22.5 Å². The third kappa shape index (κ3) is 3.61. The highest BCUT2D eigenvalue weighted by atomic mass is 15.0. The van der Waals surface area contributed by atoms with Crippen molar-refractivity contribution in [1.29, 1.82) is 0 Å². The van der Waals surface area contributed by atoms with Gasteiger partial charge >= 0.3 is 0 Å². The first-order chi connectivity index (χ1) is 18.2. The Morgan fingerprint density at radius 1 is 0.541 bits per heavy atom. The lowest BCUT2D eigenvalue weighted by Crippen LogP contribution is -2.28. The van der Waals surface area contributed by atoms with Gasteiger partial charge in [-0.25, -0.2) is 15.0 Å². The molecule has 0 N–H and O–H groups in total. The zero-order valence-electron chi connectivity index (χ0n) is 21.1. The molecule has 4 aromatic carbocycles. The lowest BCUT2D eigenvalue weighted by Gasteiger charge is -2.36. The van der Waals surface area contributed by atoms with E-state index in [2.05, 4.69) is 67.6 Å². The zero-order valence-corrected chi connectivity index (χ0v) is 21.1. The van der Waals surface area contributed by atoms with Crippen molar-refractivity contribution in [2.45, 2.75) is 44.4 Å². The van der Waals surface area contributed by atoms with Gasteiger partial charge in [0.2, 0.25) is 0 Å². The molecule has 5 aromatic rings. The lowest BCUT2D eigenvalue weighted by atomic mass is 9.67. The van der Waals surface area contributed by atoms with Crippen LogP contribution in [0.5, 0.6) is 0 Å². The summed E-state index contributed by atoms with van der Waals surface area (Å²) in [5.41, 5.74) is 10.1. The van der Waals surface area contributed by atoms with Crippen LogP contribution in [0.2, 0.25) is 0 Å². The first-order valence-electron chi connectivity index (χ1n) is 13.4. The van der Waals surface area contributed by atoms with E-state index in [4.69, 9.17) is 15.0 Å². The van der Waals surface area contributed by atoms with E-state index in [1.54, 1.807) is 0 Å². The van der Waals surface area contributed by atoms with Crippen molar-refractivity contribution in [3.8, 4) is 45.3 Å². The van der Waals surface area contributed by atoms with E-state index in [-0.39, 0.29) is 5.41 Å². The maximum Gasteiger partial charge on any atom is 0.164 e. The average molecular weight is 480 g/mol. The first-order valence-corrected chi connectivity index (χ1v) is 13.4. The number of rotatable bonds is 3. The van der Waals surface area contributed by atoms with Gasteiger partial charge < -0.3 is 0 Å². The topological polar surface area (TPSA) is 38.7 Å². The normalized spacial score (nSPS) is 15.4. The van der Waals surface area contributed by atoms with Crippen LogP contribution in [0.4, 0.5) is 0 Å². The number of nitrogens with zero attached hydrogens (tertiary/aromatic N) is 3. The van der Waals surface area contributed by atoms with E-state index < -0.39 is 0 Å². The predicted octanol–water partition coefficient (Wildman–Crippen LogP) is 8.41. The van der Waals surface area contributed by atoms with Crippen LogP contribution in [0.1, 0.15) is 48.8 Å². The number of aryl methyl sites for hydroxylation is 1. The summed E-state index contributed by atoms with van der Waals surface area (Å²) in [6.07, 6.45) is 6.30. The molecule has 1 aromatic heterocycles. The third-order valence-electron chi connectivity index (χ3n) is 8.19. The van der Waals surface area contributed by atoms with Crippen LogP contribution in [-0.2, 0) is 5.41 Å². The molecule has 180 valence electrons. The molecule has 1 fully saturated rings. The fourth-order valence-electron chi connectivity index (χ4n) is 6.47. The number of aromatic nitrogens is 3. The Morgan fingerprint density at radius 2 is 1.16 bits per heavy atom. The van der Waals surface area contributed by atoms with Crippen LogP contribution < -0.4 is 0 Å². The summed E-state index contributed by atoms with van der Waals surface area (Å²) in [5.74, 6) is 2.15. The first kappa shape index (κ1) is 22.1. The second kappa shape index (κ2) is 8.77. The van der Waals surface area contributed by atoms with Gasteiger partial charge in [-0.1, -0.05) is 122 Å². The van der Waals surface area contributed by atoms with Crippen LogP contribution in [0, 0.1) is 6.92 Å². The number of hydrogen-bond donors (Lipinski definition) is 0. The molecule has 0 bridgehead atoms.